The van der Waals surface area contributed by atoms with Crippen LogP contribution >= 0.6 is 0 Å². The van der Waals surface area contributed by atoms with Gasteiger partial charge in [-0.1, -0.05) is 12.1 Å². The van der Waals surface area contributed by atoms with Crippen molar-refractivity contribution in [2.24, 2.45) is 0 Å². The molecule has 1 aromatic carbocycles. The minimum Gasteiger partial charge on any atom is -0.396 e. The number of nitrogens with zero attached hydrogens (tertiary/aromatic N) is 5. The van der Waals surface area contributed by atoms with Crippen LogP contribution < -0.4 is 16.2 Å². The molecular formula is C24H25N7O2. The number of hydrogen-bond donors (Lipinski definition) is 3. The summed E-state index contributed by atoms with van der Waals surface area (Å²) in [4.78, 5) is 27.1. The third-order valence-corrected chi connectivity index (χ3v) is 6.24. The van der Waals surface area contributed by atoms with Gasteiger partial charge in [0.15, 0.2) is 11.5 Å². The maximum absolute atomic E-state index is 13.2. The van der Waals surface area contributed by atoms with Gasteiger partial charge in [-0.3, -0.25) is 4.79 Å². The van der Waals surface area contributed by atoms with Gasteiger partial charge < -0.3 is 15.7 Å². The standard InChI is InChI=1S/C24H25N7O2/c32-11-9-17-2-1-3-21(27-17)31-22-20(23(33)30(31)19-6-7-19)14-26-24(29-22)28-18-5-4-16-13-25-10-8-15(16)12-18/h1-5,12,14,19,25,32H,6-11,13H2,(H,26,28,29). The molecule has 168 valence electrons. The lowest BCUT2D eigenvalue weighted by Gasteiger charge is -2.18. The van der Waals surface area contributed by atoms with Crippen molar-refractivity contribution in [2.75, 3.05) is 18.5 Å². The highest BCUT2D eigenvalue weighted by molar-refractivity contribution is 5.77. The van der Waals surface area contributed by atoms with Gasteiger partial charge in [0.05, 0.1) is 6.04 Å². The Balaban J connectivity index is 1.44. The predicted molar refractivity (Wildman–Crippen MR) is 125 cm³/mol. The molecule has 6 rings (SSSR count). The molecule has 1 saturated carbocycles. The van der Waals surface area contributed by atoms with Gasteiger partial charge in [0.1, 0.15) is 5.39 Å². The highest BCUT2D eigenvalue weighted by Gasteiger charge is 2.31. The number of fused-ring (bicyclic) bond motifs is 2. The van der Waals surface area contributed by atoms with E-state index in [0.29, 0.717) is 29.2 Å². The van der Waals surface area contributed by atoms with Gasteiger partial charge in [-0.2, -0.15) is 4.98 Å². The maximum atomic E-state index is 13.2. The summed E-state index contributed by atoms with van der Waals surface area (Å²) in [7, 11) is 0. The van der Waals surface area contributed by atoms with E-state index < -0.39 is 0 Å². The fraction of sp³-hybridized carbons (Fsp3) is 0.333. The van der Waals surface area contributed by atoms with Crippen LogP contribution in [0.25, 0.3) is 16.9 Å². The van der Waals surface area contributed by atoms with E-state index in [4.69, 9.17) is 4.98 Å². The van der Waals surface area contributed by atoms with Gasteiger partial charge in [0.2, 0.25) is 5.95 Å². The van der Waals surface area contributed by atoms with Crippen LogP contribution in [0.2, 0.25) is 0 Å². The van der Waals surface area contributed by atoms with Crippen molar-refractivity contribution in [1.82, 2.24) is 29.6 Å². The van der Waals surface area contributed by atoms with E-state index in [-0.39, 0.29) is 18.2 Å². The van der Waals surface area contributed by atoms with Crippen LogP contribution in [0.1, 0.15) is 35.7 Å². The minimum absolute atomic E-state index is 0.0192. The largest absolute Gasteiger partial charge is 0.396 e. The quantitative estimate of drug-likeness (QED) is 0.419. The van der Waals surface area contributed by atoms with Gasteiger partial charge in [-0.15, -0.1) is 0 Å². The van der Waals surface area contributed by atoms with Gasteiger partial charge in [-0.05, 0) is 61.2 Å². The number of benzene rings is 1. The van der Waals surface area contributed by atoms with E-state index in [1.807, 2.05) is 28.9 Å². The summed E-state index contributed by atoms with van der Waals surface area (Å²) >= 11 is 0. The first-order valence-corrected chi connectivity index (χ1v) is 11.4. The third-order valence-electron chi connectivity index (χ3n) is 6.24. The van der Waals surface area contributed by atoms with E-state index >= 15 is 0 Å². The van der Waals surface area contributed by atoms with E-state index in [0.717, 1.165) is 43.7 Å². The first-order chi connectivity index (χ1) is 16.2. The van der Waals surface area contributed by atoms with E-state index in [1.165, 1.54) is 11.1 Å². The molecule has 1 aliphatic heterocycles. The molecule has 0 unspecified atom stereocenters. The summed E-state index contributed by atoms with van der Waals surface area (Å²) in [5.74, 6) is 1.05. The molecule has 0 spiro atoms. The average molecular weight is 444 g/mol. The molecule has 0 radical (unpaired) electrons. The number of hydrogen-bond acceptors (Lipinski definition) is 7. The fourth-order valence-electron chi connectivity index (χ4n) is 4.45. The molecule has 33 heavy (non-hydrogen) atoms. The van der Waals surface area contributed by atoms with E-state index in [2.05, 4.69) is 32.7 Å². The van der Waals surface area contributed by atoms with Crippen molar-refractivity contribution in [3.63, 3.8) is 0 Å². The summed E-state index contributed by atoms with van der Waals surface area (Å²) in [6, 6.07) is 12.1. The highest BCUT2D eigenvalue weighted by atomic mass is 16.3. The molecule has 1 fully saturated rings. The van der Waals surface area contributed by atoms with E-state index in [1.54, 1.807) is 10.9 Å². The Kier molecular flexibility index (Phi) is 4.92. The summed E-state index contributed by atoms with van der Waals surface area (Å²) < 4.78 is 3.56. The normalized spacial score (nSPS) is 15.5. The maximum Gasteiger partial charge on any atom is 0.278 e. The summed E-state index contributed by atoms with van der Waals surface area (Å²) in [6.45, 7) is 1.88. The zero-order chi connectivity index (χ0) is 22.4. The second-order valence-corrected chi connectivity index (χ2v) is 8.62. The molecule has 9 heteroatoms. The van der Waals surface area contributed by atoms with E-state index in [9.17, 15) is 9.90 Å². The van der Waals surface area contributed by atoms with Crippen LogP contribution in [-0.4, -0.2) is 42.6 Å². The second-order valence-electron chi connectivity index (χ2n) is 8.62. The number of aliphatic hydroxyl groups is 1. The van der Waals surface area contributed by atoms with Gasteiger partial charge in [-0.25, -0.2) is 19.3 Å². The predicted octanol–water partition coefficient (Wildman–Crippen LogP) is 2.24. The topological polar surface area (TPSA) is 110 Å². The van der Waals surface area contributed by atoms with Crippen molar-refractivity contribution < 1.29 is 5.11 Å². The lowest BCUT2D eigenvalue weighted by atomic mass is 10.0. The summed E-state index contributed by atoms with van der Waals surface area (Å²) in [5.41, 5.74) is 4.75. The van der Waals surface area contributed by atoms with Crippen LogP contribution in [-0.2, 0) is 19.4 Å². The van der Waals surface area contributed by atoms with Crippen LogP contribution in [0.3, 0.4) is 0 Å². The lowest BCUT2D eigenvalue weighted by Crippen LogP contribution is -2.23. The molecule has 0 bridgehead atoms. The van der Waals surface area contributed by atoms with Crippen LogP contribution in [0.15, 0.2) is 47.4 Å². The first kappa shape index (κ1) is 20.1. The number of anilines is 2. The molecule has 2 aliphatic rings. The molecule has 3 aromatic heterocycles. The molecule has 0 saturated heterocycles. The van der Waals surface area contributed by atoms with Gasteiger partial charge in [0, 0.05) is 37.2 Å². The number of aromatic nitrogens is 5. The lowest BCUT2D eigenvalue weighted by molar-refractivity contribution is 0.298. The van der Waals surface area contributed by atoms with Gasteiger partial charge >= 0.3 is 0 Å². The zero-order valence-corrected chi connectivity index (χ0v) is 18.2. The molecule has 9 nitrogen and oxygen atoms in total. The number of pyridine rings is 1. The fourth-order valence-corrected chi connectivity index (χ4v) is 4.45. The van der Waals surface area contributed by atoms with Crippen molar-refractivity contribution >= 4 is 22.7 Å². The monoisotopic (exact) mass is 443 g/mol. The van der Waals surface area contributed by atoms with Crippen molar-refractivity contribution in [1.29, 1.82) is 0 Å². The Morgan fingerprint density at radius 2 is 2.06 bits per heavy atom. The summed E-state index contributed by atoms with van der Waals surface area (Å²) in [5, 5.41) is 16.5. The molecule has 4 heterocycles. The molecule has 0 amide bonds. The SMILES string of the molecule is O=c1c2cnc(Nc3ccc4c(c3)CCNC4)nc2n(-c2cccc(CCO)n2)n1C1CC1. The number of rotatable bonds is 6. The number of nitrogens with one attached hydrogen (secondary N) is 2. The Hall–Kier alpha value is -3.56. The highest BCUT2D eigenvalue weighted by Crippen LogP contribution is 2.35. The smallest absolute Gasteiger partial charge is 0.278 e. The third kappa shape index (κ3) is 3.69. The van der Waals surface area contributed by atoms with Gasteiger partial charge in [0.25, 0.3) is 5.56 Å². The van der Waals surface area contributed by atoms with Crippen molar-refractivity contribution in [3.8, 4) is 5.82 Å². The van der Waals surface area contributed by atoms with Crippen LogP contribution in [0.5, 0.6) is 0 Å². The van der Waals surface area contributed by atoms with Crippen LogP contribution in [0.4, 0.5) is 11.6 Å². The average Bonchev–Trinajstić information content (AvgIpc) is 3.63. The Morgan fingerprint density at radius 3 is 2.91 bits per heavy atom. The molecule has 4 aromatic rings. The molecule has 0 atom stereocenters. The molecule has 3 N–H and O–H groups in total. The van der Waals surface area contributed by atoms with Crippen molar-refractivity contribution in [3.05, 3.63) is 69.8 Å². The zero-order valence-electron chi connectivity index (χ0n) is 18.2. The summed E-state index contributed by atoms with van der Waals surface area (Å²) in [6.07, 6.45) is 4.95. The van der Waals surface area contributed by atoms with Crippen LogP contribution in [0, 0.1) is 0 Å². The Bertz CT molecular complexity index is 1400. The molecule has 1 aliphatic carbocycles. The Morgan fingerprint density at radius 1 is 1.15 bits per heavy atom. The number of aliphatic hydroxyl groups excluding tert-OH is 1. The Labute approximate surface area is 190 Å². The minimum atomic E-state index is -0.102. The molecular weight excluding hydrogens is 418 g/mol. The first-order valence-electron chi connectivity index (χ1n) is 11.4. The van der Waals surface area contributed by atoms with Crippen molar-refractivity contribution in [2.45, 2.75) is 38.3 Å². The second kappa shape index (κ2) is 8.09.